The highest BCUT2D eigenvalue weighted by Gasteiger charge is 2.22. The SMILES string of the molecule is CCNC(=NCC(=O)NCc1ccco1)NCC(CC(C)C)N1CCOCC1.I. The molecule has 0 saturated carbocycles. The number of carbonyl (C=O) groups is 1. The van der Waals surface area contributed by atoms with Crippen LogP contribution in [0.5, 0.6) is 0 Å². The Hall–Kier alpha value is -1.33. The van der Waals surface area contributed by atoms with E-state index in [1.165, 1.54) is 0 Å². The third-order valence-corrected chi connectivity index (χ3v) is 4.58. The number of nitrogens with one attached hydrogen (secondary N) is 3. The number of halogens is 1. The normalized spacial score (nSPS) is 16.2. The summed E-state index contributed by atoms with van der Waals surface area (Å²) in [4.78, 5) is 18.9. The lowest BCUT2D eigenvalue weighted by Crippen LogP contribution is -2.51. The van der Waals surface area contributed by atoms with Crippen LogP contribution >= 0.6 is 24.0 Å². The van der Waals surface area contributed by atoms with Crippen molar-refractivity contribution in [2.24, 2.45) is 10.9 Å². The number of carbonyl (C=O) groups excluding carboxylic acids is 1. The molecule has 2 heterocycles. The number of furan rings is 1. The van der Waals surface area contributed by atoms with Crippen molar-refractivity contribution in [1.29, 1.82) is 0 Å². The first-order valence-corrected chi connectivity index (χ1v) is 10.2. The molecule has 1 amide bonds. The summed E-state index contributed by atoms with van der Waals surface area (Å²) in [6.07, 6.45) is 2.70. The number of hydrogen-bond donors (Lipinski definition) is 3. The number of guanidine groups is 1. The van der Waals surface area contributed by atoms with Crippen molar-refractivity contribution < 1.29 is 13.9 Å². The van der Waals surface area contributed by atoms with Gasteiger partial charge in [0.2, 0.25) is 5.91 Å². The average molecular weight is 521 g/mol. The lowest BCUT2D eigenvalue weighted by molar-refractivity contribution is -0.119. The van der Waals surface area contributed by atoms with Crippen molar-refractivity contribution in [3.63, 3.8) is 0 Å². The monoisotopic (exact) mass is 521 g/mol. The summed E-state index contributed by atoms with van der Waals surface area (Å²) in [6, 6.07) is 4.05. The number of ether oxygens (including phenoxy) is 1. The molecule has 0 spiro atoms. The molecule has 0 radical (unpaired) electrons. The Morgan fingerprint density at radius 2 is 2.00 bits per heavy atom. The van der Waals surface area contributed by atoms with E-state index >= 15 is 0 Å². The first-order valence-electron chi connectivity index (χ1n) is 10.2. The fourth-order valence-corrected chi connectivity index (χ4v) is 3.21. The second kappa shape index (κ2) is 14.6. The summed E-state index contributed by atoms with van der Waals surface area (Å²) >= 11 is 0. The van der Waals surface area contributed by atoms with Crippen molar-refractivity contribution in [1.82, 2.24) is 20.9 Å². The summed E-state index contributed by atoms with van der Waals surface area (Å²) < 4.78 is 10.7. The van der Waals surface area contributed by atoms with Gasteiger partial charge in [-0.15, -0.1) is 24.0 Å². The number of nitrogens with zero attached hydrogens (tertiary/aromatic N) is 2. The number of morpholine rings is 1. The largest absolute Gasteiger partial charge is 0.467 e. The number of aliphatic imine (C=N–C) groups is 1. The maximum Gasteiger partial charge on any atom is 0.242 e. The minimum absolute atomic E-state index is 0. The van der Waals surface area contributed by atoms with Gasteiger partial charge in [-0.3, -0.25) is 9.69 Å². The zero-order chi connectivity index (χ0) is 20.2. The van der Waals surface area contributed by atoms with E-state index in [1.807, 2.05) is 13.0 Å². The smallest absolute Gasteiger partial charge is 0.242 e. The van der Waals surface area contributed by atoms with Gasteiger partial charge < -0.3 is 25.1 Å². The van der Waals surface area contributed by atoms with Crippen molar-refractivity contribution in [2.45, 2.75) is 39.8 Å². The molecule has 1 aromatic rings. The molecule has 8 nitrogen and oxygen atoms in total. The second-order valence-electron chi connectivity index (χ2n) is 7.36. The average Bonchev–Trinajstić information content (AvgIpc) is 3.21. The molecule has 1 saturated heterocycles. The van der Waals surface area contributed by atoms with Crippen LogP contribution in [0.4, 0.5) is 0 Å². The molecule has 1 aliphatic rings. The maximum atomic E-state index is 12.0. The Bertz CT molecular complexity index is 589. The van der Waals surface area contributed by atoms with Crippen LogP contribution in [0.2, 0.25) is 0 Å². The molecule has 0 aromatic carbocycles. The quantitative estimate of drug-likeness (QED) is 0.247. The van der Waals surface area contributed by atoms with Crippen LogP contribution in [0.3, 0.4) is 0 Å². The molecule has 1 atom stereocenters. The van der Waals surface area contributed by atoms with E-state index in [4.69, 9.17) is 9.15 Å². The van der Waals surface area contributed by atoms with Gasteiger partial charge in [0.25, 0.3) is 0 Å². The first kappa shape index (κ1) is 25.7. The zero-order valence-electron chi connectivity index (χ0n) is 17.8. The predicted molar refractivity (Wildman–Crippen MR) is 126 cm³/mol. The molecule has 0 aliphatic carbocycles. The zero-order valence-corrected chi connectivity index (χ0v) is 20.1. The third kappa shape index (κ3) is 10.3. The van der Waals surface area contributed by atoms with Crippen molar-refractivity contribution in [2.75, 3.05) is 45.9 Å². The van der Waals surface area contributed by atoms with Crippen LogP contribution < -0.4 is 16.0 Å². The van der Waals surface area contributed by atoms with Crippen LogP contribution in [0, 0.1) is 5.92 Å². The Kier molecular flexibility index (Phi) is 13.0. The maximum absolute atomic E-state index is 12.0. The molecule has 1 aliphatic heterocycles. The van der Waals surface area contributed by atoms with Gasteiger partial charge in [-0.1, -0.05) is 13.8 Å². The second-order valence-corrected chi connectivity index (χ2v) is 7.36. The third-order valence-electron chi connectivity index (χ3n) is 4.58. The standard InChI is InChI=1S/C20H35N5O3.HI/c1-4-21-20(24-15-19(26)22-14-18-6-5-9-28-18)23-13-17(12-16(2)3)25-7-10-27-11-8-25;/h5-6,9,16-17H,4,7-8,10-15H2,1-3H3,(H,22,26)(H2,21,23,24);1H. The molecule has 9 heteroatoms. The molecule has 1 fully saturated rings. The minimum atomic E-state index is -0.138. The highest BCUT2D eigenvalue weighted by Crippen LogP contribution is 2.13. The molecule has 0 bridgehead atoms. The molecule has 1 aromatic heterocycles. The molecule has 2 rings (SSSR count). The summed E-state index contributed by atoms with van der Waals surface area (Å²) in [5, 5.41) is 9.43. The van der Waals surface area contributed by atoms with Gasteiger partial charge in [-0.2, -0.15) is 0 Å². The summed E-state index contributed by atoms with van der Waals surface area (Å²) in [7, 11) is 0. The first-order chi connectivity index (χ1) is 13.6. The molecular formula is C20H36IN5O3. The summed E-state index contributed by atoms with van der Waals surface area (Å²) in [5.41, 5.74) is 0. The van der Waals surface area contributed by atoms with E-state index < -0.39 is 0 Å². The Balaban J connectivity index is 0.00000420. The van der Waals surface area contributed by atoms with Crippen LogP contribution in [0.25, 0.3) is 0 Å². The van der Waals surface area contributed by atoms with Gasteiger partial charge in [-0.05, 0) is 31.4 Å². The number of hydrogen-bond acceptors (Lipinski definition) is 5. The van der Waals surface area contributed by atoms with Crippen molar-refractivity contribution in [3.8, 4) is 0 Å². The van der Waals surface area contributed by atoms with Gasteiger partial charge in [0.15, 0.2) is 5.96 Å². The predicted octanol–water partition coefficient (Wildman–Crippen LogP) is 1.82. The van der Waals surface area contributed by atoms with Crippen molar-refractivity contribution in [3.05, 3.63) is 24.2 Å². The van der Waals surface area contributed by atoms with Gasteiger partial charge in [0.1, 0.15) is 12.3 Å². The molecule has 166 valence electrons. The minimum Gasteiger partial charge on any atom is -0.467 e. The van der Waals surface area contributed by atoms with E-state index in [0.717, 1.165) is 51.6 Å². The fourth-order valence-electron chi connectivity index (χ4n) is 3.21. The van der Waals surface area contributed by atoms with Gasteiger partial charge in [0, 0.05) is 32.2 Å². The summed E-state index contributed by atoms with van der Waals surface area (Å²) in [6.45, 7) is 12.0. The Morgan fingerprint density at radius 3 is 2.62 bits per heavy atom. The highest BCUT2D eigenvalue weighted by atomic mass is 127. The molecule has 3 N–H and O–H groups in total. The molecule has 29 heavy (non-hydrogen) atoms. The Labute approximate surface area is 191 Å². The van der Waals surface area contributed by atoms with Crippen molar-refractivity contribution >= 4 is 35.8 Å². The fraction of sp³-hybridized carbons (Fsp3) is 0.700. The summed E-state index contributed by atoms with van der Waals surface area (Å²) in [5.74, 6) is 1.86. The number of amides is 1. The van der Waals surface area contributed by atoms with Gasteiger partial charge >= 0.3 is 0 Å². The Morgan fingerprint density at radius 1 is 1.24 bits per heavy atom. The van der Waals surface area contributed by atoms with E-state index in [0.29, 0.717) is 24.5 Å². The van der Waals surface area contributed by atoms with Gasteiger partial charge in [0.05, 0.1) is 26.0 Å². The molecular weight excluding hydrogens is 485 g/mol. The van der Waals surface area contributed by atoms with Crippen LogP contribution in [-0.2, 0) is 16.1 Å². The van der Waals surface area contributed by atoms with Crippen LogP contribution in [-0.4, -0.2) is 68.7 Å². The van der Waals surface area contributed by atoms with Crippen LogP contribution in [0.1, 0.15) is 33.0 Å². The topological polar surface area (TPSA) is 91.1 Å². The lowest BCUT2D eigenvalue weighted by atomic mass is 10.0. The van der Waals surface area contributed by atoms with Gasteiger partial charge in [-0.25, -0.2) is 4.99 Å². The van der Waals surface area contributed by atoms with Crippen LogP contribution in [0.15, 0.2) is 27.8 Å². The number of rotatable bonds is 10. The molecule has 1 unspecified atom stereocenters. The van der Waals surface area contributed by atoms with E-state index in [-0.39, 0.29) is 36.4 Å². The van der Waals surface area contributed by atoms with E-state index in [9.17, 15) is 4.79 Å². The van der Waals surface area contributed by atoms with E-state index in [1.54, 1.807) is 12.3 Å². The lowest BCUT2D eigenvalue weighted by Gasteiger charge is -2.35. The highest BCUT2D eigenvalue weighted by molar-refractivity contribution is 14.0. The van der Waals surface area contributed by atoms with E-state index in [2.05, 4.69) is 39.7 Å².